The van der Waals surface area contributed by atoms with Crippen molar-refractivity contribution < 1.29 is 4.48 Å². The van der Waals surface area contributed by atoms with Crippen LogP contribution in [0.1, 0.15) is 41.7 Å². The molecule has 0 spiro atoms. The first-order valence-corrected chi connectivity index (χ1v) is 14.9. The van der Waals surface area contributed by atoms with Gasteiger partial charge in [-0.3, -0.25) is 4.99 Å². The highest BCUT2D eigenvalue weighted by atomic mass is 19.2. The summed E-state index contributed by atoms with van der Waals surface area (Å²) in [5.41, 5.74) is 8.71. The van der Waals surface area contributed by atoms with E-state index < -0.39 is 5.54 Å². The number of rotatable bonds is 8. The lowest BCUT2D eigenvalue weighted by Crippen LogP contribution is -2.46. The molecular weight excluding hydrogens is 547 g/mol. The van der Waals surface area contributed by atoms with Crippen molar-refractivity contribution in [2.45, 2.75) is 54.0 Å². The second-order valence-electron chi connectivity index (χ2n) is 12.0. The smallest absolute Gasteiger partial charge is 0.163 e. The van der Waals surface area contributed by atoms with Gasteiger partial charge in [-0.15, -0.1) is 0 Å². The number of amidine groups is 1. The van der Waals surface area contributed by atoms with Gasteiger partial charge in [0.05, 0.1) is 29.1 Å². The number of aryl methyl sites for hydroxylation is 6. The summed E-state index contributed by atoms with van der Waals surface area (Å²) in [7, 11) is 1.91. The maximum Gasteiger partial charge on any atom is 0.163 e. The van der Waals surface area contributed by atoms with Crippen LogP contribution in [0, 0.1) is 34.6 Å². The van der Waals surface area contributed by atoms with Crippen LogP contribution in [0.2, 0.25) is 0 Å². The number of hydrogen-bond acceptors (Lipinski definition) is 4. The van der Waals surface area contributed by atoms with Gasteiger partial charge in [-0.1, -0.05) is 65.2 Å². The number of anilines is 2. The van der Waals surface area contributed by atoms with Crippen molar-refractivity contribution in [2.24, 2.45) is 17.0 Å². The van der Waals surface area contributed by atoms with Gasteiger partial charge < -0.3 is 9.47 Å². The third-order valence-corrected chi connectivity index (χ3v) is 8.28. The maximum atomic E-state index is 16.9. The van der Waals surface area contributed by atoms with E-state index in [4.69, 9.17) is 9.98 Å². The molecule has 0 radical (unpaired) electrons. The molecule has 7 heteroatoms. The molecule has 0 bridgehead atoms. The predicted molar refractivity (Wildman–Crippen MR) is 183 cm³/mol. The van der Waals surface area contributed by atoms with Gasteiger partial charge in [-0.05, 0) is 82.9 Å². The highest BCUT2D eigenvalue weighted by Crippen LogP contribution is 2.39. The van der Waals surface area contributed by atoms with Crippen molar-refractivity contribution in [2.75, 3.05) is 16.6 Å². The van der Waals surface area contributed by atoms with Gasteiger partial charge in [0.15, 0.2) is 5.84 Å². The van der Waals surface area contributed by atoms with Crippen LogP contribution in [0.4, 0.5) is 21.5 Å². The van der Waals surface area contributed by atoms with Crippen LogP contribution in [0.5, 0.6) is 0 Å². The Morgan fingerprint density at radius 2 is 1.64 bits per heavy atom. The number of aromatic nitrogens is 2. The van der Waals surface area contributed by atoms with Crippen LogP contribution in [-0.4, -0.2) is 33.2 Å². The van der Waals surface area contributed by atoms with Gasteiger partial charge in [0.2, 0.25) is 0 Å². The molecule has 2 heterocycles. The normalized spacial score (nSPS) is 13.5. The summed E-state index contributed by atoms with van der Waals surface area (Å²) >= 11 is 0. The summed E-state index contributed by atoms with van der Waals surface area (Å²) in [6, 6.07) is 17.9. The molecule has 226 valence electrons. The molecule has 0 N–H and O–H groups in total. The molecule has 1 aliphatic rings. The fourth-order valence-electron chi connectivity index (χ4n) is 6.15. The Labute approximate surface area is 260 Å². The first-order chi connectivity index (χ1) is 20.9. The van der Waals surface area contributed by atoms with E-state index in [0.29, 0.717) is 35.2 Å². The molecule has 0 fully saturated rings. The summed E-state index contributed by atoms with van der Waals surface area (Å²) in [6.45, 7) is 18.8. The third-order valence-electron chi connectivity index (χ3n) is 8.28. The monoisotopic (exact) mass is 588 g/mol. The Bertz CT molecular complexity index is 1780. The largest absolute Gasteiger partial charge is 0.334 e. The molecule has 0 unspecified atom stereocenters. The summed E-state index contributed by atoms with van der Waals surface area (Å²) < 4.78 is 18.8. The van der Waals surface area contributed by atoms with Crippen LogP contribution in [0.15, 0.2) is 101 Å². The minimum absolute atomic E-state index is 0.422. The standard InChI is InChI=1S/C37H41FN6/c1-10-43(34-27(5)22-24(2)23-28(34)6)36(41-32-25(3)14-13-15-26(32)4)33-30(18-19-39-33)37(7,8)44(38)31-17-12-11-16-29(31)35-40-20-21-42(35)9/h10-18,20-23H,1,19H2,2-9H3. The molecule has 0 atom stereocenters. The average Bonchev–Trinajstić information content (AvgIpc) is 3.64. The highest BCUT2D eigenvalue weighted by Gasteiger charge is 2.40. The van der Waals surface area contributed by atoms with Crippen LogP contribution in [-0.2, 0) is 7.05 Å². The number of imidazole rings is 1. The van der Waals surface area contributed by atoms with E-state index in [1.165, 1.54) is 5.56 Å². The maximum absolute atomic E-state index is 16.9. The Kier molecular flexibility index (Phi) is 8.42. The first-order valence-electron chi connectivity index (χ1n) is 14.9. The first kappa shape index (κ1) is 30.7. The van der Waals surface area contributed by atoms with E-state index in [1.54, 1.807) is 18.5 Å². The molecule has 6 nitrogen and oxygen atoms in total. The lowest BCUT2D eigenvalue weighted by atomic mass is 9.88. The number of hydrogen-bond donors (Lipinski definition) is 0. The zero-order valence-electron chi connectivity index (χ0n) is 27.0. The Balaban J connectivity index is 1.67. The molecule has 0 aliphatic carbocycles. The summed E-state index contributed by atoms with van der Waals surface area (Å²) in [5, 5.41) is 0.834. The van der Waals surface area contributed by atoms with Gasteiger partial charge in [0.1, 0.15) is 11.5 Å². The van der Waals surface area contributed by atoms with Crippen molar-refractivity contribution in [1.82, 2.24) is 9.55 Å². The fourth-order valence-corrected chi connectivity index (χ4v) is 6.15. The molecule has 5 rings (SSSR count). The van der Waals surface area contributed by atoms with Gasteiger partial charge in [0.25, 0.3) is 0 Å². The van der Waals surface area contributed by atoms with Crippen LogP contribution in [0.3, 0.4) is 0 Å². The van der Waals surface area contributed by atoms with Crippen LogP contribution < -0.4 is 10.0 Å². The van der Waals surface area contributed by atoms with Crippen molar-refractivity contribution in [3.05, 3.63) is 119 Å². The summed E-state index contributed by atoms with van der Waals surface area (Å²) in [4.78, 5) is 16.8. The van der Waals surface area contributed by atoms with Gasteiger partial charge in [-0.2, -0.15) is 0 Å². The van der Waals surface area contributed by atoms with E-state index in [2.05, 4.69) is 70.4 Å². The van der Waals surface area contributed by atoms with Crippen LogP contribution >= 0.6 is 0 Å². The summed E-state index contributed by atoms with van der Waals surface area (Å²) in [6.07, 6.45) is 7.37. The predicted octanol–water partition coefficient (Wildman–Crippen LogP) is 8.86. The van der Waals surface area contributed by atoms with E-state index in [-0.39, 0.29) is 0 Å². The number of para-hydroxylation sites is 2. The van der Waals surface area contributed by atoms with Crippen LogP contribution in [0.25, 0.3) is 11.4 Å². The average molecular weight is 589 g/mol. The van der Waals surface area contributed by atoms with Gasteiger partial charge in [0, 0.05) is 36.8 Å². The molecule has 3 aromatic carbocycles. The second-order valence-corrected chi connectivity index (χ2v) is 12.0. The van der Waals surface area contributed by atoms with Crippen molar-refractivity contribution >= 4 is 28.6 Å². The van der Waals surface area contributed by atoms with Gasteiger partial charge in [-0.25, -0.2) is 15.1 Å². The highest BCUT2D eigenvalue weighted by molar-refractivity contribution is 6.53. The molecule has 44 heavy (non-hydrogen) atoms. The summed E-state index contributed by atoms with van der Waals surface area (Å²) in [5.74, 6) is 1.30. The molecular formula is C37H41FN6. The van der Waals surface area contributed by atoms with Gasteiger partial charge >= 0.3 is 0 Å². The Hall–Kier alpha value is -4.78. The van der Waals surface area contributed by atoms with E-state index >= 15 is 4.48 Å². The number of benzene rings is 3. The molecule has 1 aliphatic heterocycles. The fraction of sp³-hybridized carbons (Fsp3) is 0.270. The van der Waals surface area contributed by atoms with E-state index in [1.807, 2.05) is 66.9 Å². The lowest BCUT2D eigenvalue weighted by Gasteiger charge is -2.37. The number of halogens is 1. The Morgan fingerprint density at radius 3 is 2.25 bits per heavy atom. The second kappa shape index (κ2) is 12.1. The van der Waals surface area contributed by atoms with Crippen molar-refractivity contribution in [3.63, 3.8) is 0 Å². The quantitative estimate of drug-likeness (QED) is 0.117. The Morgan fingerprint density at radius 1 is 0.977 bits per heavy atom. The molecule has 0 amide bonds. The molecule has 4 aromatic rings. The van der Waals surface area contributed by atoms with Crippen molar-refractivity contribution in [3.8, 4) is 11.4 Å². The zero-order chi connectivity index (χ0) is 31.8. The minimum Gasteiger partial charge on any atom is -0.334 e. The molecule has 1 aromatic heterocycles. The van der Waals surface area contributed by atoms with E-state index in [9.17, 15) is 0 Å². The zero-order valence-corrected chi connectivity index (χ0v) is 27.0. The number of nitrogens with zero attached hydrogens (tertiary/aromatic N) is 6. The van der Waals surface area contributed by atoms with Crippen molar-refractivity contribution in [1.29, 1.82) is 0 Å². The molecule has 0 saturated carbocycles. The minimum atomic E-state index is -1.11. The number of aliphatic imine (C=N–C) groups is 2. The SMILES string of the molecule is C=CN(C(=Nc1c(C)cccc1C)C1=NCC=C1C(C)(C)N(F)c1ccccc1-c1nccn1C)c1c(C)cc(C)cc1C. The molecule has 0 saturated heterocycles. The topological polar surface area (TPSA) is 49.0 Å². The van der Waals surface area contributed by atoms with E-state index in [0.717, 1.165) is 44.3 Å². The lowest BCUT2D eigenvalue weighted by molar-refractivity contribution is 0.332. The third kappa shape index (κ3) is 5.50.